The predicted molar refractivity (Wildman–Crippen MR) is 157 cm³/mol. The second-order valence-electron chi connectivity index (χ2n) is 10.7. The van der Waals surface area contributed by atoms with Crippen LogP contribution in [0.2, 0.25) is 0 Å². The minimum absolute atomic E-state index is 0.0115. The van der Waals surface area contributed by atoms with Gasteiger partial charge in [-0.1, -0.05) is 36.4 Å². The fourth-order valence-corrected chi connectivity index (χ4v) is 5.83. The molecule has 0 unspecified atom stereocenters. The standard InChI is InChI=1S/C34H33NO7/c1-21-18-30-32(34(38)35(21)15-12-22-6-9-25(36)10-7-22)27(20-31(37)42-30)26-4-3-5-29(39-2)33(26)41-16-13-23-8-11-28-24(19-23)14-17-40-28/h3-11,18-19,27,36H,12-17,20H2,1-2H3/t27-/m1/s1. The molecular weight excluding hydrogens is 534 g/mol. The third-order valence-corrected chi connectivity index (χ3v) is 8.01. The van der Waals surface area contributed by atoms with Crippen molar-refractivity contribution in [3.05, 3.63) is 111 Å². The number of aromatic nitrogens is 1. The van der Waals surface area contributed by atoms with E-state index >= 15 is 0 Å². The van der Waals surface area contributed by atoms with Gasteiger partial charge in [-0.2, -0.15) is 0 Å². The molecule has 0 saturated carbocycles. The summed E-state index contributed by atoms with van der Waals surface area (Å²) in [5, 5.41) is 9.61. The molecule has 216 valence electrons. The summed E-state index contributed by atoms with van der Waals surface area (Å²) >= 11 is 0. The lowest BCUT2D eigenvalue weighted by atomic mass is 9.86. The van der Waals surface area contributed by atoms with Crippen LogP contribution in [0.15, 0.2) is 71.5 Å². The van der Waals surface area contributed by atoms with Gasteiger partial charge in [0.1, 0.15) is 17.2 Å². The van der Waals surface area contributed by atoms with E-state index in [0.717, 1.165) is 23.3 Å². The molecule has 6 rings (SSSR count). The number of benzene rings is 3. The SMILES string of the molecule is COc1cccc([C@H]2CC(=O)Oc3cc(C)n(CCc4ccc(O)cc4)c(=O)c32)c1OCCc1ccc2c(c1)CCO2. The van der Waals surface area contributed by atoms with Gasteiger partial charge in [0.15, 0.2) is 11.5 Å². The first-order chi connectivity index (χ1) is 20.4. The zero-order valence-electron chi connectivity index (χ0n) is 23.7. The third-order valence-electron chi connectivity index (χ3n) is 8.01. The van der Waals surface area contributed by atoms with E-state index in [1.54, 1.807) is 29.9 Å². The summed E-state index contributed by atoms with van der Waals surface area (Å²) in [5.74, 6) is 1.52. The Hall–Kier alpha value is -4.72. The molecule has 0 spiro atoms. The lowest BCUT2D eigenvalue weighted by molar-refractivity contribution is -0.135. The minimum Gasteiger partial charge on any atom is -0.508 e. The number of ether oxygens (including phenoxy) is 4. The fourth-order valence-electron chi connectivity index (χ4n) is 5.83. The number of para-hydroxylation sites is 1. The van der Waals surface area contributed by atoms with Gasteiger partial charge in [0, 0.05) is 42.6 Å². The van der Waals surface area contributed by atoms with E-state index in [4.69, 9.17) is 18.9 Å². The van der Waals surface area contributed by atoms with Gasteiger partial charge in [0.2, 0.25) is 0 Å². The van der Waals surface area contributed by atoms with Gasteiger partial charge in [-0.15, -0.1) is 0 Å². The van der Waals surface area contributed by atoms with E-state index < -0.39 is 11.9 Å². The van der Waals surface area contributed by atoms with E-state index in [9.17, 15) is 14.7 Å². The van der Waals surface area contributed by atoms with Crippen molar-refractivity contribution in [1.29, 1.82) is 0 Å². The number of methoxy groups -OCH3 is 1. The summed E-state index contributed by atoms with van der Waals surface area (Å²) in [4.78, 5) is 26.8. The molecule has 0 fully saturated rings. The van der Waals surface area contributed by atoms with Crippen molar-refractivity contribution in [3.8, 4) is 28.7 Å². The second-order valence-corrected chi connectivity index (χ2v) is 10.7. The number of esters is 1. The molecule has 1 atom stereocenters. The van der Waals surface area contributed by atoms with Crippen molar-refractivity contribution in [2.45, 2.75) is 45.1 Å². The molecule has 0 bridgehead atoms. The van der Waals surface area contributed by atoms with Crippen LogP contribution in [0.5, 0.6) is 28.7 Å². The van der Waals surface area contributed by atoms with Crippen molar-refractivity contribution < 1.29 is 28.8 Å². The maximum atomic E-state index is 14.0. The molecule has 0 amide bonds. The van der Waals surface area contributed by atoms with E-state index in [1.807, 2.05) is 49.4 Å². The predicted octanol–water partition coefficient (Wildman–Crippen LogP) is 5.11. The van der Waals surface area contributed by atoms with Gasteiger partial charge < -0.3 is 28.6 Å². The first-order valence-electron chi connectivity index (χ1n) is 14.2. The normalized spacial score (nSPS) is 15.4. The van der Waals surface area contributed by atoms with Crippen LogP contribution < -0.4 is 24.5 Å². The highest BCUT2D eigenvalue weighted by molar-refractivity contribution is 5.78. The number of fused-ring (bicyclic) bond motifs is 2. The van der Waals surface area contributed by atoms with E-state index in [2.05, 4.69) is 6.07 Å². The van der Waals surface area contributed by atoms with Crippen LogP contribution >= 0.6 is 0 Å². The first-order valence-corrected chi connectivity index (χ1v) is 14.2. The molecular formula is C34H33NO7. The van der Waals surface area contributed by atoms with E-state index in [-0.39, 0.29) is 23.5 Å². The van der Waals surface area contributed by atoms with Crippen LogP contribution in [-0.4, -0.2) is 36.0 Å². The zero-order chi connectivity index (χ0) is 29.2. The lowest BCUT2D eigenvalue weighted by Crippen LogP contribution is -2.33. The lowest BCUT2D eigenvalue weighted by Gasteiger charge is -2.28. The van der Waals surface area contributed by atoms with Gasteiger partial charge >= 0.3 is 5.97 Å². The van der Waals surface area contributed by atoms with Gasteiger partial charge in [-0.25, -0.2) is 0 Å². The van der Waals surface area contributed by atoms with Crippen molar-refractivity contribution in [1.82, 2.24) is 4.57 Å². The number of pyridine rings is 1. The quantitative estimate of drug-likeness (QED) is 0.281. The van der Waals surface area contributed by atoms with Crippen LogP contribution in [0.25, 0.3) is 0 Å². The molecule has 8 nitrogen and oxygen atoms in total. The van der Waals surface area contributed by atoms with Crippen molar-refractivity contribution in [2.24, 2.45) is 0 Å². The Morgan fingerprint density at radius 3 is 2.60 bits per heavy atom. The molecule has 8 heteroatoms. The summed E-state index contributed by atoms with van der Waals surface area (Å²) in [5.41, 5.74) is 5.00. The van der Waals surface area contributed by atoms with Crippen LogP contribution in [-0.2, 0) is 30.6 Å². The molecule has 0 saturated heterocycles. The Labute approximate surface area is 244 Å². The average Bonchev–Trinajstić information content (AvgIpc) is 3.45. The van der Waals surface area contributed by atoms with E-state index in [1.165, 1.54) is 5.56 Å². The van der Waals surface area contributed by atoms with Crippen LogP contribution in [0.3, 0.4) is 0 Å². The fraction of sp³-hybridized carbons (Fsp3) is 0.294. The summed E-state index contributed by atoms with van der Waals surface area (Å²) in [6, 6.07) is 20.5. The molecule has 0 aliphatic carbocycles. The monoisotopic (exact) mass is 567 g/mol. The maximum Gasteiger partial charge on any atom is 0.312 e. The van der Waals surface area contributed by atoms with Crippen molar-refractivity contribution >= 4 is 5.97 Å². The summed E-state index contributed by atoms with van der Waals surface area (Å²) in [7, 11) is 1.58. The maximum absolute atomic E-state index is 14.0. The number of hydrogen-bond acceptors (Lipinski definition) is 7. The number of hydrogen-bond donors (Lipinski definition) is 1. The molecule has 1 N–H and O–H groups in total. The zero-order valence-corrected chi connectivity index (χ0v) is 23.7. The highest BCUT2D eigenvalue weighted by Gasteiger charge is 2.35. The first kappa shape index (κ1) is 27.4. The summed E-state index contributed by atoms with van der Waals surface area (Å²) < 4.78 is 24.9. The number of aromatic hydroxyl groups is 1. The molecule has 42 heavy (non-hydrogen) atoms. The molecule has 4 aromatic rings. The Balaban J connectivity index is 1.31. The van der Waals surface area contributed by atoms with Gasteiger partial charge in [0.05, 0.1) is 32.3 Å². The Bertz CT molecular complexity index is 1690. The molecule has 0 radical (unpaired) electrons. The van der Waals surface area contributed by atoms with Crippen LogP contribution in [0.4, 0.5) is 0 Å². The Morgan fingerprint density at radius 2 is 1.79 bits per heavy atom. The van der Waals surface area contributed by atoms with E-state index in [0.29, 0.717) is 60.9 Å². The summed E-state index contributed by atoms with van der Waals surface area (Å²) in [6.45, 7) is 3.38. The summed E-state index contributed by atoms with van der Waals surface area (Å²) in [6.07, 6.45) is 2.20. The molecule has 1 aromatic heterocycles. The minimum atomic E-state index is -0.559. The topological polar surface area (TPSA) is 96.2 Å². The largest absolute Gasteiger partial charge is 0.508 e. The van der Waals surface area contributed by atoms with Gasteiger partial charge in [-0.05, 0) is 54.3 Å². The number of carbonyl (C=O) groups is 1. The average molecular weight is 568 g/mol. The van der Waals surface area contributed by atoms with Gasteiger partial charge in [0.25, 0.3) is 5.56 Å². The highest BCUT2D eigenvalue weighted by atomic mass is 16.5. The molecule has 2 aliphatic rings. The Morgan fingerprint density at radius 1 is 0.976 bits per heavy atom. The third kappa shape index (κ3) is 5.44. The number of aryl methyl sites for hydroxylation is 2. The highest BCUT2D eigenvalue weighted by Crippen LogP contribution is 2.44. The second kappa shape index (κ2) is 11.6. The number of phenols is 1. The Kier molecular flexibility index (Phi) is 7.61. The molecule has 3 heterocycles. The number of carbonyl (C=O) groups excluding carboxylic acids is 1. The number of rotatable bonds is 9. The van der Waals surface area contributed by atoms with Crippen LogP contribution in [0, 0.1) is 6.92 Å². The number of nitrogens with zero attached hydrogens (tertiary/aromatic N) is 1. The molecule has 2 aliphatic heterocycles. The van der Waals surface area contributed by atoms with Crippen LogP contribution in [0.1, 0.15) is 45.8 Å². The number of phenolic OH excluding ortho intramolecular Hbond substituents is 1. The molecule has 3 aromatic carbocycles. The smallest absolute Gasteiger partial charge is 0.312 e. The van der Waals surface area contributed by atoms with Crippen molar-refractivity contribution in [2.75, 3.05) is 20.3 Å². The van der Waals surface area contributed by atoms with Crippen molar-refractivity contribution in [3.63, 3.8) is 0 Å². The van der Waals surface area contributed by atoms with Gasteiger partial charge in [-0.3, -0.25) is 9.59 Å².